The summed E-state index contributed by atoms with van der Waals surface area (Å²) in [5.74, 6) is -0.526. The standard InChI is InChI=1S/C83H162O17P2/c1-7-9-11-13-15-17-18-19-20-21-22-23-24-25-28-32-38-43-49-55-61-67-82(87)100-79(72-94-81(86)66-60-54-48-42-37-31-29-26-27-30-35-40-45-51-57-63-75(3)4)74-98-102(91,92)96-70-77(84)69-95-101(89,90)97-73-78(71-93-80(85)65-59-53-47-16-14-12-10-8-2)99-83(88)68-62-56-50-44-39-34-33-36-41-46-52-58-64-76(5)6/h75-79,84H,7-74H2,1-6H3,(H,89,90)(H,91,92)/t77-,78+,79+/m0/s1. The van der Waals surface area contributed by atoms with E-state index in [1.165, 1.54) is 250 Å². The maximum atomic E-state index is 13.1. The molecule has 0 aliphatic heterocycles. The SMILES string of the molecule is CCCCCCCCCCCCCCCCCCCCCCCC(=O)O[C@H](COC(=O)CCCCCCCCCCCCCCCCCC(C)C)COP(=O)(O)OC[C@@H](O)COP(=O)(O)OC[C@@H](COC(=O)CCCCCCCCCC)OC(=O)CCCCCCCCCCCCCCC(C)C. The molecule has 0 aliphatic carbocycles. The van der Waals surface area contributed by atoms with E-state index in [1.54, 1.807) is 0 Å². The van der Waals surface area contributed by atoms with Gasteiger partial charge in [0.25, 0.3) is 0 Å². The smallest absolute Gasteiger partial charge is 0.462 e. The Kier molecular flexibility index (Phi) is 73.1. The van der Waals surface area contributed by atoms with E-state index in [0.29, 0.717) is 25.7 Å². The molecular formula is C83H162O17P2. The second kappa shape index (κ2) is 74.5. The van der Waals surface area contributed by atoms with Gasteiger partial charge in [0.05, 0.1) is 26.4 Å². The van der Waals surface area contributed by atoms with Crippen LogP contribution < -0.4 is 0 Å². The molecule has 0 rings (SSSR count). The van der Waals surface area contributed by atoms with Crippen LogP contribution in [0.5, 0.6) is 0 Å². The Morgan fingerprint density at radius 3 is 0.667 bits per heavy atom. The Hall–Kier alpha value is -1.94. The maximum absolute atomic E-state index is 13.1. The van der Waals surface area contributed by atoms with Crippen molar-refractivity contribution in [3.05, 3.63) is 0 Å². The molecule has 0 heterocycles. The van der Waals surface area contributed by atoms with Gasteiger partial charge in [0, 0.05) is 25.7 Å². The zero-order valence-corrected chi connectivity index (χ0v) is 68.7. The van der Waals surface area contributed by atoms with Crippen LogP contribution in [-0.2, 0) is 65.4 Å². The van der Waals surface area contributed by atoms with Crippen molar-refractivity contribution in [1.82, 2.24) is 0 Å². The molecular weight excluding hydrogens is 1330 g/mol. The van der Waals surface area contributed by atoms with Crippen LogP contribution in [0.15, 0.2) is 0 Å². The van der Waals surface area contributed by atoms with E-state index < -0.39 is 97.5 Å². The molecule has 3 N–H and O–H groups in total. The number of aliphatic hydroxyl groups is 1. The molecule has 17 nitrogen and oxygen atoms in total. The van der Waals surface area contributed by atoms with Crippen LogP contribution in [0.2, 0.25) is 0 Å². The molecule has 0 saturated carbocycles. The van der Waals surface area contributed by atoms with Crippen molar-refractivity contribution < 1.29 is 80.2 Å². The van der Waals surface area contributed by atoms with Crippen LogP contribution >= 0.6 is 15.6 Å². The highest BCUT2D eigenvalue weighted by Crippen LogP contribution is 2.45. The molecule has 0 saturated heterocycles. The van der Waals surface area contributed by atoms with E-state index in [0.717, 1.165) is 108 Å². The van der Waals surface area contributed by atoms with Crippen LogP contribution in [0.4, 0.5) is 0 Å². The minimum absolute atomic E-state index is 0.107. The van der Waals surface area contributed by atoms with Crippen molar-refractivity contribution in [1.29, 1.82) is 0 Å². The maximum Gasteiger partial charge on any atom is 0.472 e. The molecule has 606 valence electrons. The van der Waals surface area contributed by atoms with Crippen molar-refractivity contribution >= 4 is 39.5 Å². The number of carbonyl (C=O) groups excluding carboxylic acids is 4. The summed E-state index contributed by atoms with van der Waals surface area (Å²) in [6, 6.07) is 0. The summed E-state index contributed by atoms with van der Waals surface area (Å²) >= 11 is 0. The molecule has 0 aromatic heterocycles. The van der Waals surface area contributed by atoms with E-state index in [-0.39, 0.29) is 25.7 Å². The Morgan fingerprint density at radius 2 is 0.451 bits per heavy atom. The van der Waals surface area contributed by atoms with Crippen molar-refractivity contribution in [3.63, 3.8) is 0 Å². The molecule has 0 fully saturated rings. The number of ether oxygens (including phenoxy) is 4. The predicted octanol–water partition coefficient (Wildman–Crippen LogP) is 25.1. The molecule has 0 bridgehead atoms. The average Bonchev–Trinajstić information content (AvgIpc) is 0.916. The lowest BCUT2D eigenvalue weighted by Gasteiger charge is -2.21. The van der Waals surface area contributed by atoms with E-state index >= 15 is 0 Å². The second-order valence-corrected chi connectivity index (χ2v) is 33.7. The summed E-state index contributed by atoms with van der Waals surface area (Å²) in [5, 5.41) is 10.6. The van der Waals surface area contributed by atoms with E-state index in [9.17, 15) is 43.2 Å². The summed E-state index contributed by atoms with van der Waals surface area (Å²) < 4.78 is 68.7. The van der Waals surface area contributed by atoms with Crippen molar-refractivity contribution in [3.8, 4) is 0 Å². The zero-order chi connectivity index (χ0) is 74.9. The van der Waals surface area contributed by atoms with E-state index in [1.807, 2.05) is 0 Å². The fraction of sp³-hybridized carbons (Fsp3) is 0.952. The number of hydrogen-bond acceptors (Lipinski definition) is 15. The fourth-order valence-electron chi connectivity index (χ4n) is 12.9. The van der Waals surface area contributed by atoms with Gasteiger partial charge in [-0.1, -0.05) is 388 Å². The number of rotatable bonds is 82. The van der Waals surface area contributed by atoms with Gasteiger partial charge >= 0.3 is 39.5 Å². The minimum atomic E-state index is -4.96. The number of phosphoric acid groups is 2. The lowest BCUT2D eigenvalue weighted by molar-refractivity contribution is -0.161. The Morgan fingerprint density at radius 1 is 0.265 bits per heavy atom. The number of phosphoric ester groups is 2. The zero-order valence-electron chi connectivity index (χ0n) is 66.9. The Labute approximate surface area is 626 Å². The van der Waals surface area contributed by atoms with E-state index in [2.05, 4.69) is 41.5 Å². The van der Waals surface area contributed by atoms with Gasteiger partial charge in [0.2, 0.25) is 0 Å². The first-order chi connectivity index (χ1) is 49.4. The minimum Gasteiger partial charge on any atom is -0.462 e. The van der Waals surface area contributed by atoms with Crippen LogP contribution in [0, 0.1) is 11.8 Å². The number of esters is 4. The van der Waals surface area contributed by atoms with Gasteiger partial charge in [0.1, 0.15) is 19.3 Å². The van der Waals surface area contributed by atoms with Crippen molar-refractivity contribution in [2.75, 3.05) is 39.6 Å². The molecule has 0 radical (unpaired) electrons. The van der Waals surface area contributed by atoms with Gasteiger partial charge in [-0.15, -0.1) is 0 Å². The third-order valence-corrected chi connectivity index (χ3v) is 21.4. The first kappa shape index (κ1) is 100. The molecule has 5 atom stereocenters. The van der Waals surface area contributed by atoms with Crippen molar-refractivity contribution in [2.24, 2.45) is 11.8 Å². The normalized spacial score (nSPS) is 13.9. The third-order valence-electron chi connectivity index (χ3n) is 19.5. The van der Waals surface area contributed by atoms with Crippen molar-refractivity contribution in [2.45, 2.75) is 458 Å². The lowest BCUT2D eigenvalue weighted by Crippen LogP contribution is -2.30. The highest BCUT2D eigenvalue weighted by atomic mass is 31.2. The van der Waals surface area contributed by atoms with Gasteiger partial charge < -0.3 is 33.8 Å². The average molecular weight is 1490 g/mol. The second-order valence-electron chi connectivity index (χ2n) is 30.8. The van der Waals surface area contributed by atoms with Crippen LogP contribution in [0.25, 0.3) is 0 Å². The Bertz CT molecular complexity index is 1960. The largest absolute Gasteiger partial charge is 0.472 e. The molecule has 0 amide bonds. The molecule has 0 aliphatic rings. The molecule has 2 unspecified atom stereocenters. The number of unbranched alkanes of at least 4 members (excludes halogenated alkanes) is 52. The first-order valence-corrected chi connectivity index (χ1v) is 46.0. The van der Waals surface area contributed by atoms with Gasteiger partial charge in [-0.05, 0) is 37.5 Å². The predicted molar refractivity (Wildman–Crippen MR) is 418 cm³/mol. The number of carbonyl (C=O) groups is 4. The summed E-state index contributed by atoms with van der Waals surface area (Å²) in [6.07, 6.45) is 65.4. The third kappa shape index (κ3) is 76.3. The summed E-state index contributed by atoms with van der Waals surface area (Å²) in [6.45, 7) is 9.66. The molecule has 0 aromatic carbocycles. The summed E-state index contributed by atoms with van der Waals surface area (Å²) in [5.41, 5.74) is 0. The highest BCUT2D eigenvalue weighted by Gasteiger charge is 2.30. The monoisotopic (exact) mass is 1490 g/mol. The molecule has 19 heteroatoms. The topological polar surface area (TPSA) is 237 Å². The fourth-order valence-corrected chi connectivity index (χ4v) is 14.5. The van der Waals surface area contributed by atoms with Crippen LogP contribution in [-0.4, -0.2) is 96.7 Å². The molecule has 0 spiro atoms. The number of hydrogen-bond donors (Lipinski definition) is 3. The van der Waals surface area contributed by atoms with Gasteiger partial charge in [-0.25, -0.2) is 9.13 Å². The van der Waals surface area contributed by atoms with Gasteiger partial charge in [-0.3, -0.25) is 37.3 Å². The van der Waals surface area contributed by atoms with Gasteiger partial charge in [-0.2, -0.15) is 0 Å². The lowest BCUT2D eigenvalue weighted by atomic mass is 10.0. The van der Waals surface area contributed by atoms with Gasteiger partial charge in [0.15, 0.2) is 12.2 Å². The van der Waals surface area contributed by atoms with Crippen LogP contribution in [0.3, 0.4) is 0 Å². The Balaban J connectivity index is 5.19. The van der Waals surface area contributed by atoms with Crippen LogP contribution in [0.1, 0.15) is 440 Å². The summed E-state index contributed by atoms with van der Waals surface area (Å²) in [4.78, 5) is 73.0. The highest BCUT2D eigenvalue weighted by molar-refractivity contribution is 7.47. The van der Waals surface area contributed by atoms with E-state index in [4.69, 9.17) is 37.0 Å². The molecule has 102 heavy (non-hydrogen) atoms. The quantitative estimate of drug-likeness (QED) is 0.0222. The molecule has 0 aromatic rings. The first-order valence-electron chi connectivity index (χ1n) is 43.0. The summed E-state index contributed by atoms with van der Waals surface area (Å²) in [7, 11) is -9.92. The number of aliphatic hydroxyl groups excluding tert-OH is 1.